The van der Waals surface area contributed by atoms with Crippen molar-refractivity contribution in [2.75, 3.05) is 13.7 Å². The zero-order valence-corrected chi connectivity index (χ0v) is 14.6. The summed E-state index contributed by atoms with van der Waals surface area (Å²) in [5.74, 6) is -0.260. The number of carbonyl (C=O) groups excluding carboxylic acids is 1. The van der Waals surface area contributed by atoms with Gasteiger partial charge in [0.25, 0.3) is 0 Å². The van der Waals surface area contributed by atoms with Crippen molar-refractivity contribution in [3.8, 4) is 0 Å². The van der Waals surface area contributed by atoms with Crippen LogP contribution >= 0.6 is 0 Å². The van der Waals surface area contributed by atoms with Crippen LogP contribution in [0.2, 0.25) is 0 Å². The van der Waals surface area contributed by atoms with Crippen LogP contribution in [0.15, 0.2) is 24.3 Å². The molecule has 1 fully saturated rings. The first-order chi connectivity index (χ1) is 11.5. The van der Waals surface area contributed by atoms with Gasteiger partial charge in [0.2, 0.25) is 5.91 Å². The Bertz CT molecular complexity index is 526. The van der Waals surface area contributed by atoms with Crippen LogP contribution in [0.4, 0.5) is 4.39 Å². The number of benzene rings is 1. The molecule has 0 saturated heterocycles. The average molecular weight is 337 g/mol. The Kier molecular flexibility index (Phi) is 6.75. The molecule has 0 radical (unpaired) electrons. The fourth-order valence-corrected chi connectivity index (χ4v) is 3.53. The average Bonchev–Trinajstić information content (AvgIpc) is 3.03. The number of ether oxygens (including phenoxy) is 1. The molecule has 1 saturated carbocycles. The molecule has 1 amide bonds. The number of hydrogen-bond donors (Lipinski definition) is 2. The zero-order chi connectivity index (χ0) is 17.6. The van der Waals surface area contributed by atoms with Crippen molar-refractivity contribution in [1.82, 2.24) is 5.32 Å². The lowest BCUT2D eigenvalue weighted by atomic mass is 9.81. The highest BCUT2D eigenvalue weighted by Gasteiger charge is 2.41. The van der Waals surface area contributed by atoms with Gasteiger partial charge in [-0.05, 0) is 50.3 Å². The summed E-state index contributed by atoms with van der Waals surface area (Å²) in [6.45, 7) is 2.48. The van der Waals surface area contributed by atoms with Crippen LogP contribution in [-0.4, -0.2) is 30.8 Å². The van der Waals surface area contributed by atoms with Gasteiger partial charge in [-0.3, -0.25) is 4.79 Å². The lowest BCUT2D eigenvalue weighted by Gasteiger charge is -2.30. The van der Waals surface area contributed by atoms with E-state index in [4.69, 9.17) is 4.74 Å². The first-order valence-electron chi connectivity index (χ1n) is 8.70. The van der Waals surface area contributed by atoms with Gasteiger partial charge >= 0.3 is 0 Å². The van der Waals surface area contributed by atoms with E-state index in [2.05, 4.69) is 5.32 Å². The molecule has 24 heavy (non-hydrogen) atoms. The van der Waals surface area contributed by atoms with Crippen LogP contribution in [0.3, 0.4) is 0 Å². The van der Waals surface area contributed by atoms with E-state index in [1.807, 2.05) is 6.92 Å². The van der Waals surface area contributed by atoms with Crippen molar-refractivity contribution >= 4 is 5.91 Å². The van der Waals surface area contributed by atoms with Crippen molar-refractivity contribution in [3.63, 3.8) is 0 Å². The van der Waals surface area contributed by atoms with E-state index in [0.29, 0.717) is 18.6 Å². The summed E-state index contributed by atoms with van der Waals surface area (Å²) in [7, 11) is 1.65. The van der Waals surface area contributed by atoms with Crippen LogP contribution < -0.4 is 5.32 Å². The van der Waals surface area contributed by atoms with Crippen LogP contribution in [0, 0.1) is 11.2 Å². The Morgan fingerprint density at radius 2 is 1.96 bits per heavy atom. The quantitative estimate of drug-likeness (QED) is 0.765. The maximum absolute atomic E-state index is 13.0. The number of carbonyl (C=O) groups is 1. The largest absolute Gasteiger partial charge is 0.388 e. The summed E-state index contributed by atoms with van der Waals surface area (Å²) in [5, 5.41) is 13.3. The highest BCUT2D eigenvalue weighted by molar-refractivity contribution is 5.83. The maximum Gasteiger partial charge on any atom is 0.226 e. The summed E-state index contributed by atoms with van der Waals surface area (Å²) in [4.78, 5) is 12.7. The molecule has 2 rings (SSSR count). The summed E-state index contributed by atoms with van der Waals surface area (Å²) >= 11 is 0. The van der Waals surface area contributed by atoms with Gasteiger partial charge in [-0.2, -0.15) is 0 Å². The van der Waals surface area contributed by atoms with Crippen LogP contribution in [0.5, 0.6) is 0 Å². The molecule has 4 nitrogen and oxygen atoms in total. The second-order valence-corrected chi connectivity index (χ2v) is 6.91. The van der Waals surface area contributed by atoms with Gasteiger partial charge in [0.15, 0.2) is 0 Å². The van der Waals surface area contributed by atoms with Gasteiger partial charge in [-0.15, -0.1) is 0 Å². The molecule has 5 heteroatoms. The SMILES string of the molecule is COCCC1(C(=O)NC(C)CC(O)c2ccc(F)cc2)CCCC1. The molecule has 2 N–H and O–H groups in total. The Morgan fingerprint density at radius 3 is 2.54 bits per heavy atom. The van der Waals surface area contributed by atoms with E-state index in [9.17, 15) is 14.3 Å². The van der Waals surface area contributed by atoms with E-state index in [0.717, 1.165) is 32.1 Å². The molecule has 134 valence electrons. The molecule has 1 aromatic carbocycles. The summed E-state index contributed by atoms with van der Waals surface area (Å²) in [5.41, 5.74) is 0.331. The fourth-order valence-electron chi connectivity index (χ4n) is 3.53. The molecule has 1 aromatic rings. The van der Waals surface area contributed by atoms with Gasteiger partial charge in [0, 0.05) is 19.8 Å². The minimum atomic E-state index is -0.723. The predicted octanol–water partition coefficient (Wildman–Crippen LogP) is 3.35. The van der Waals surface area contributed by atoms with Gasteiger partial charge in [-0.1, -0.05) is 25.0 Å². The van der Waals surface area contributed by atoms with Gasteiger partial charge < -0.3 is 15.2 Å². The lowest BCUT2D eigenvalue weighted by molar-refractivity contribution is -0.132. The predicted molar refractivity (Wildman–Crippen MR) is 91.0 cm³/mol. The minimum absolute atomic E-state index is 0.0656. The number of hydrogen-bond acceptors (Lipinski definition) is 3. The number of amides is 1. The van der Waals surface area contributed by atoms with Crippen molar-refractivity contribution in [1.29, 1.82) is 0 Å². The molecule has 2 atom stereocenters. The van der Waals surface area contributed by atoms with Crippen molar-refractivity contribution < 1.29 is 19.0 Å². The number of aliphatic hydroxyl groups excluding tert-OH is 1. The van der Waals surface area contributed by atoms with E-state index in [1.165, 1.54) is 12.1 Å². The van der Waals surface area contributed by atoms with E-state index in [-0.39, 0.29) is 23.2 Å². The summed E-state index contributed by atoms with van der Waals surface area (Å²) in [6, 6.07) is 5.66. The lowest BCUT2D eigenvalue weighted by Crippen LogP contribution is -2.44. The highest BCUT2D eigenvalue weighted by Crippen LogP contribution is 2.41. The van der Waals surface area contributed by atoms with E-state index in [1.54, 1.807) is 19.2 Å². The monoisotopic (exact) mass is 337 g/mol. The Hall–Kier alpha value is -1.46. The topological polar surface area (TPSA) is 58.6 Å². The van der Waals surface area contributed by atoms with Gasteiger partial charge in [0.05, 0.1) is 11.5 Å². The molecule has 2 unspecified atom stereocenters. The third kappa shape index (κ3) is 4.77. The Balaban J connectivity index is 1.91. The van der Waals surface area contributed by atoms with Crippen molar-refractivity contribution in [3.05, 3.63) is 35.6 Å². The standard InChI is InChI=1S/C19H28FNO3/c1-14(13-17(22)15-5-7-16(20)8-6-15)21-18(23)19(11-12-24-2)9-3-4-10-19/h5-8,14,17,22H,3-4,9-13H2,1-2H3,(H,21,23). The van der Waals surface area contributed by atoms with Gasteiger partial charge in [-0.25, -0.2) is 4.39 Å². The third-order valence-electron chi connectivity index (χ3n) is 5.04. The molecule has 0 aliphatic heterocycles. The maximum atomic E-state index is 13.0. The zero-order valence-electron chi connectivity index (χ0n) is 14.6. The second-order valence-electron chi connectivity index (χ2n) is 6.91. The number of halogens is 1. The summed E-state index contributed by atoms with van der Waals surface area (Å²) < 4.78 is 18.1. The minimum Gasteiger partial charge on any atom is -0.388 e. The number of nitrogens with one attached hydrogen (secondary N) is 1. The first kappa shape index (κ1) is 18.9. The number of rotatable bonds is 8. The van der Waals surface area contributed by atoms with Crippen LogP contribution in [0.25, 0.3) is 0 Å². The normalized spacial score (nSPS) is 19.0. The molecule has 0 spiro atoms. The molecule has 1 aliphatic rings. The second kappa shape index (κ2) is 8.58. The Morgan fingerprint density at radius 1 is 1.33 bits per heavy atom. The summed E-state index contributed by atoms with van der Waals surface area (Å²) in [6.07, 6.45) is 4.36. The Labute approximate surface area is 143 Å². The molecule has 0 bridgehead atoms. The fraction of sp³-hybridized carbons (Fsp3) is 0.632. The number of aliphatic hydroxyl groups is 1. The molecular formula is C19H28FNO3. The van der Waals surface area contributed by atoms with E-state index >= 15 is 0 Å². The molecule has 0 heterocycles. The van der Waals surface area contributed by atoms with Crippen LogP contribution in [-0.2, 0) is 9.53 Å². The van der Waals surface area contributed by atoms with Gasteiger partial charge in [0.1, 0.15) is 5.82 Å². The van der Waals surface area contributed by atoms with Crippen molar-refractivity contribution in [2.24, 2.45) is 5.41 Å². The molecule has 1 aliphatic carbocycles. The molecular weight excluding hydrogens is 309 g/mol. The van der Waals surface area contributed by atoms with Crippen LogP contribution in [0.1, 0.15) is 57.1 Å². The number of methoxy groups -OCH3 is 1. The molecule has 0 aromatic heterocycles. The first-order valence-corrected chi connectivity index (χ1v) is 8.70. The smallest absolute Gasteiger partial charge is 0.226 e. The highest BCUT2D eigenvalue weighted by atomic mass is 19.1. The third-order valence-corrected chi connectivity index (χ3v) is 5.04. The van der Waals surface area contributed by atoms with Crippen molar-refractivity contribution in [2.45, 2.75) is 57.6 Å². The van der Waals surface area contributed by atoms with E-state index < -0.39 is 6.10 Å².